The number of carbonyl (C=O) groups excluding carboxylic acids is 1. The highest BCUT2D eigenvalue weighted by Crippen LogP contribution is 2.11. The minimum atomic E-state index is -0.111. The van der Waals surface area contributed by atoms with Gasteiger partial charge < -0.3 is 11.1 Å². The van der Waals surface area contributed by atoms with Crippen LogP contribution >= 0.6 is 0 Å². The van der Waals surface area contributed by atoms with Crippen LogP contribution in [0.25, 0.3) is 5.82 Å². The number of nitrogens with one attached hydrogen (secondary N) is 1. The van der Waals surface area contributed by atoms with Gasteiger partial charge in [-0.25, -0.2) is 14.6 Å². The Bertz CT molecular complexity index is 522. The lowest BCUT2D eigenvalue weighted by Gasteiger charge is -2.11. The Labute approximate surface area is 110 Å². The molecule has 0 aliphatic rings. The SMILES string of the molecule is CC(CCN)C(=O)Nc1ccc(-n2cncn2)nc1. The van der Waals surface area contributed by atoms with E-state index in [4.69, 9.17) is 5.73 Å². The summed E-state index contributed by atoms with van der Waals surface area (Å²) in [5, 5.41) is 6.77. The third kappa shape index (κ3) is 3.35. The van der Waals surface area contributed by atoms with Crippen molar-refractivity contribution < 1.29 is 4.79 Å². The van der Waals surface area contributed by atoms with Crippen LogP contribution < -0.4 is 11.1 Å². The van der Waals surface area contributed by atoms with Crippen LogP contribution in [0.4, 0.5) is 5.69 Å². The second-order valence-corrected chi connectivity index (χ2v) is 4.21. The summed E-state index contributed by atoms with van der Waals surface area (Å²) >= 11 is 0. The van der Waals surface area contributed by atoms with Crippen LogP contribution in [-0.4, -0.2) is 32.2 Å². The van der Waals surface area contributed by atoms with Gasteiger partial charge in [-0.1, -0.05) is 6.92 Å². The molecule has 100 valence electrons. The maximum absolute atomic E-state index is 11.8. The van der Waals surface area contributed by atoms with Crippen molar-refractivity contribution >= 4 is 11.6 Å². The lowest BCUT2D eigenvalue weighted by molar-refractivity contribution is -0.119. The molecule has 3 N–H and O–H groups in total. The quantitative estimate of drug-likeness (QED) is 0.819. The van der Waals surface area contributed by atoms with Gasteiger partial charge in [-0.05, 0) is 25.1 Å². The average Bonchev–Trinajstić information content (AvgIpc) is 2.94. The smallest absolute Gasteiger partial charge is 0.227 e. The number of hydrogen-bond donors (Lipinski definition) is 2. The van der Waals surface area contributed by atoms with Crippen molar-refractivity contribution in [3.8, 4) is 5.82 Å². The first-order valence-electron chi connectivity index (χ1n) is 6.02. The molecule has 0 fully saturated rings. The number of amides is 1. The topological polar surface area (TPSA) is 98.7 Å². The zero-order valence-electron chi connectivity index (χ0n) is 10.7. The predicted molar refractivity (Wildman–Crippen MR) is 70.6 cm³/mol. The van der Waals surface area contributed by atoms with Gasteiger partial charge in [0.25, 0.3) is 0 Å². The summed E-state index contributed by atoms with van der Waals surface area (Å²) in [6, 6.07) is 3.54. The minimum Gasteiger partial charge on any atom is -0.330 e. The molecule has 7 nitrogen and oxygen atoms in total. The molecule has 1 amide bonds. The predicted octanol–water partition coefficient (Wildman–Crippen LogP) is 0.586. The zero-order valence-corrected chi connectivity index (χ0v) is 10.7. The number of nitrogens with zero attached hydrogens (tertiary/aromatic N) is 4. The number of anilines is 1. The maximum Gasteiger partial charge on any atom is 0.227 e. The number of aromatic nitrogens is 4. The third-order valence-corrected chi connectivity index (χ3v) is 2.72. The first-order valence-corrected chi connectivity index (χ1v) is 6.02. The second-order valence-electron chi connectivity index (χ2n) is 4.21. The monoisotopic (exact) mass is 260 g/mol. The molecule has 0 saturated carbocycles. The summed E-state index contributed by atoms with van der Waals surface area (Å²) in [6.07, 6.45) is 5.25. The fraction of sp³-hybridized carbons (Fsp3) is 0.333. The van der Waals surface area contributed by atoms with Crippen LogP contribution in [0.15, 0.2) is 31.0 Å². The fourth-order valence-corrected chi connectivity index (χ4v) is 1.57. The normalized spacial score (nSPS) is 12.1. The molecule has 0 aliphatic carbocycles. The summed E-state index contributed by atoms with van der Waals surface area (Å²) in [4.78, 5) is 19.8. The largest absolute Gasteiger partial charge is 0.330 e. The number of hydrogen-bond acceptors (Lipinski definition) is 5. The summed E-state index contributed by atoms with van der Waals surface area (Å²) < 4.78 is 1.54. The van der Waals surface area contributed by atoms with Gasteiger partial charge in [0.15, 0.2) is 5.82 Å². The Morgan fingerprint density at radius 1 is 1.53 bits per heavy atom. The molecule has 2 aromatic heterocycles. The number of nitrogens with two attached hydrogens (primary N) is 1. The summed E-state index contributed by atoms with van der Waals surface area (Å²) in [5.41, 5.74) is 6.08. The van der Waals surface area contributed by atoms with Crippen molar-refractivity contribution in [1.82, 2.24) is 19.7 Å². The molecule has 0 radical (unpaired) electrons. The van der Waals surface area contributed by atoms with E-state index in [1.807, 2.05) is 6.92 Å². The van der Waals surface area contributed by atoms with Crippen LogP contribution in [0.2, 0.25) is 0 Å². The van der Waals surface area contributed by atoms with Gasteiger partial charge in [-0.3, -0.25) is 4.79 Å². The van der Waals surface area contributed by atoms with E-state index in [0.717, 1.165) is 0 Å². The molecule has 1 unspecified atom stereocenters. The van der Waals surface area contributed by atoms with Crippen molar-refractivity contribution in [2.75, 3.05) is 11.9 Å². The molecule has 2 aromatic rings. The summed E-state index contributed by atoms with van der Waals surface area (Å²) in [7, 11) is 0. The van der Waals surface area contributed by atoms with Gasteiger partial charge in [-0.15, -0.1) is 0 Å². The standard InChI is InChI=1S/C12H16N6O/c1-9(4-5-13)12(19)17-10-2-3-11(15-6-10)18-8-14-7-16-18/h2-3,6-9H,4-5,13H2,1H3,(H,17,19). The van der Waals surface area contributed by atoms with Gasteiger partial charge in [-0.2, -0.15) is 5.10 Å². The van der Waals surface area contributed by atoms with Crippen molar-refractivity contribution in [3.05, 3.63) is 31.0 Å². The van der Waals surface area contributed by atoms with Gasteiger partial charge in [0.1, 0.15) is 12.7 Å². The molecule has 1 atom stereocenters. The Hall–Kier alpha value is -2.28. The van der Waals surface area contributed by atoms with Crippen molar-refractivity contribution in [3.63, 3.8) is 0 Å². The molecule has 0 aromatic carbocycles. The lowest BCUT2D eigenvalue weighted by atomic mass is 10.1. The molecule has 0 spiro atoms. The van der Waals surface area contributed by atoms with Gasteiger partial charge in [0.2, 0.25) is 5.91 Å². The van der Waals surface area contributed by atoms with Crippen molar-refractivity contribution in [2.24, 2.45) is 11.7 Å². The van der Waals surface area contributed by atoms with E-state index in [1.165, 1.54) is 6.33 Å². The first kappa shape index (κ1) is 13.2. The molecule has 0 aliphatic heterocycles. The number of pyridine rings is 1. The molecular formula is C12H16N6O. The van der Waals surface area contributed by atoms with Crippen LogP contribution in [0.3, 0.4) is 0 Å². The minimum absolute atomic E-state index is 0.0549. The van der Waals surface area contributed by atoms with Gasteiger partial charge >= 0.3 is 0 Å². The van der Waals surface area contributed by atoms with Crippen LogP contribution in [0.5, 0.6) is 0 Å². The van der Waals surface area contributed by atoms with E-state index in [0.29, 0.717) is 24.5 Å². The molecule has 7 heteroatoms. The van der Waals surface area contributed by atoms with E-state index >= 15 is 0 Å². The molecule has 0 bridgehead atoms. The van der Waals surface area contributed by atoms with E-state index in [1.54, 1.807) is 29.3 Å². The van der Waals surface area contributed by atoms with Crippen molar-refractivity contribution in [2.45, 2.75) is 13.3 Å². The first-order chi connectivity index (χ1) is 9.20. The van der Waals surface area contributed by atoms with Gasteiger partial charge in [0.05, 0.1) is 11.9 Å². The van der Waals surface area contributed by atoms with E-state index in [9.17, 15) is 4.79 Å². The Kier molecular flexibility index (Phi) is 4.19. The summed E-state index contributed by atoms with van der Waals surface area (Å²) in [5.74, 6) is 0.478. The third-order valence-electron chi connectivity index (χ3n) is 2.72. The lowest BCUT2D eigenvalue weighted by Crippen LogP contribution is -2.22. The van der Waals surface area contributed by atoms with Crippen molar-refractivity contribution in [1.29, 1.82) is 0 Å². The molecule has 2 rings (SSSR count). The van der Waals surface area contributed by atoms with E-state index in [2.05, 4.69) is 20.4 Å². The van der Waals surface area contributed by atoms with E-state index in [-0.39, 0.29) is 11.8 Å². The van der Waals surface area contributed by atoms with Crippen LogP contribution in [-0.2, 0) is 4.79 Å². The molecule has 19 heavy (non-hydrogen) atoms. The number of carbonyl (C=O) groups is 1. The van der Waals surface area contributed by atoms with Crippen LogP contribution in [0, 0.1) is 5.92 Å². The second kappa shape index (κ2) is 6.05. The Balaban J connectivity index is 2.01. The Morgan fingerprint density at radius 2 is 2.37 bits per heavy atom. The maximum atomic E-state index is 11.8. The molecule has 0 saturated heterocycles. The number of rotatable bonds is 5. The Morgan fingerprint density at radius 3 is 2.95 bits per heavy atom. The van der Waals surface area contributed by atoms with Gasteiger partial charge in [0, 0.05) is 5.92 Å². The summed E-state index contributed by atoms with van der Waals surface area (Å²) in [6.45, 7) is 2.34. The van der Waals surface area contributed by atoms with Crippen LogP contribution in [0.1, 0.15) is 13.3 Å². The fourth-order valence-electron chi connectivity index (χ4n) is 1.57. The highest BCUT2D eigenvalue weighted by molar-refractivity contribution is 5.92. The zero-order chi connectivity index (χ0) is 13.7. The van der Waals surface area contributed by atoms with E-state index < -0.39 is 0 Å². The highest BCUT2D eigenvalue weighted by Gasteiger charge is 2.12. The molecule has 2 heterocycles. The highest BCUT2D eigenvalue weighted by atomic mass is 16.1. The molecular weight excluding hydrogens is 244 g/mol. The average molecular weight is 260 g/mol.